The number of hydrogen-bond donors (Lipinski definition) is 0. The first-order chi connectivity index (χ1) is 11.8. The molecule has 0 atom stereocenters. The average molecular weight is 337 g/mol. The van der Waals surface area contributed by atoms with Crippen molar-refractivity contribution >= 4 is 22.5 Å². The summed E-state index contributed by atoms with van der Waals surface area (Å²) in [4.78, 5) is 4.33. The summed E-state index contributed by atoms with van der Waals surface area (Å²) >= 11 is 1.65. The molecule has 4 aromatic rings. The van der Waals surface area contributed by atoms with Gasteiger partial charge in [0.15, 0.2) is 11.5 Å². The van der Waals surface area contributed by atoms with Gasteiger partial charge in [-0.1, -0.05) is 52.8 Å². The molecule has 0 amide bonds. The van der Waals surface area contributed by atoms with Gasteiger partial charge in [0.2, 0.25) is 0 Å². The van der Waals surface area contributed by atoms with E-state index in [4.69, 9.17) is 4.52 Å². The zero-order valence-electron chi connectivity index (χ0n) is 13.1. The minimum atomic E-state index is 0.406. The maximum Gasteiger partial charge on any atom is 0.280 e. The molecule has 0 saturated carbocycles. The van der Waals surface area contributed by atoms with Crippen LogP contribution in [0.25, 0.3) is 22.4 Å². The Morgan fingerprint density at radius 3 is 2.92 bits per heavy atom. The highest BCUT2D eigenvalue weighted by molar-refractivity contribution is 7.97. The molecular formula is C17H15N5OS. The largest absolute Gasteiger partial charge is 0.332 e. The molecule has 2 aromatic heterocycles. The van der Waals surface area contributed by atoms with E-state index in [9.17, 15) is 0 Å². The van der Waals surface area contributed by atoms with Gasteiger partial charge in [-0.2, -0.15) is 16.7 Å². The van der Waals surface area contributed by atoms with Gasteiger partial charge in [0, 0.05) is 0 Å². The number of rotatable bonds is 5. The second kappa shape index (κ2) is 6.45. The third-order valence-corrected chi connectivity index (χ3v) is 4.26. The molecule has 0 unspecified atom stereocenters. The highest BCUT2D eigenvalue weighted by Gasteiger charge is 2.13. The number of nitrogens with zero attached hydrogens (tertiary/aromatic N) is 5. The lowest BCUT2D eigenvalue weighted by atomic mass is 10.0. The van der Waals surface area contributed by atoms with Gasteiger partial charge in [0.25, 0.3) is 5.89 Å². The first kappa shape index (κ1) is 14.9. The van der Waals surface area contributed by atoms with Crippen LogP contribution in [0.4, 0.5) is 0 Å². The van der Waals surface area contributed by atoms with E-state index in [-0.39, 0.29) is 0 Å². The summed E-state index contributed by atoms with van der Waals surface area (Å²) in [5.41, 5.74) is 1.79. The third kappa shape index (κ3) is 2.90. The fraction of sp³-hybridized carbons (Fsp3) is 0.176. The van der Waals surface area contributed by atoms with E-state index in [1.54, 1.807) is 16.4 Å². The van der Waals surface area contributed by atoms with Crippen molar-refractivity contribution in [2.24, 2.45) is 0 Å². The van der Waals surface area contributed by atoms with Gasteiger partial charge in [-0.3, -0.25) is 0 Å². The molecule has 0 fully saturated rings. The van der Waals surface area contributed by atoms with Crippen molar-refractivity contribution < 1.29 is 4.52 Å². The van der Waals surface area contributed by atoms with Crippen LogP contribution >= 0.6 is 11.8 Å². The standard InChI is InChI=1S/C17H15N5OS/c1-24-11-16-18-17(23-20-16)15-10-22(21-19-15)9-13-7-4-6-12-5-2-3-8-14(12)13/h2-8,10H,9,11H2,1H3. The summed E-state index contributed by atoms with van der Waals surface area (Å²) in [6, 6.07) is 14.6. The third-order valence-electron chi connectivity index (χ3n) is 3.71. The Bertz CT molecular complexity index is 972. The smallest absolute Gasteiger partial charge is 0.280 e. The van der Waals surface area contributed by atoms with Crippen molar-refractivity contribution in [1.82, 2.24) is 25.1 Å². The lowest BCUT2D eigenvalue weighted by Crippen LogP contribution is -2.01. The Kier molecular flexibility index (Phi) is 4.00. The number of thioether (sulfide) groups is 1. The molecule has 4 rings (SSSR count). The minimum absolute atomic E-state index is 0.406. The quantitative estimate of drug-likeness (QED) is 0.556. The van der Waals surface area contributed by atoms with Crippen molar-refractivity contribution in [2.45, 2.75) is 12.3 Å². The minimum Gasteiger partial charge on any atom is -0.332 e. The van der Waals surface area contributed by atoms with Crippen molar-refractivity contribution in [1.29, 1.82) is 0 Å². The van der Waals surface area contributed by atoms with Crippen LogP contribution in [0, 0.1) is 0 Å². The molecule has 6 nitrogen and oxygen atoms in total. The normalized spacial score (nSPS) is 11.2. The Hall–Kier alpha value is -2.67. The zero-order chi connectivity index (χ0) is 16.4. The number of benzene rings is 2. The zero-order valence-corrected chi connectivity index (χ0v) is 13.9. The molecule has 0 aliphatic rings. The molecule has 0 radical (unpaired) electrons. The van der Waals surface area contributed by atoms with Crippen LogP contribution in [0.5, 0.6) is 0 Å². The van der Waals surface area contributed by atoms with Crippen LogP contribution < -0.4 is 0 Å². The molecule has 0 N–H and O–H groups in total. The molecule has 24 heavy (non-hydrogen) atoms. The lowest BCUT2D eigenvalue weighted by Gasteiger charge is -2.05. The molecule has 0 aliphatic heterocycles. The highest BCUT2D eigenvalue weighted by atomic mass is 32.2. The molecule has 2 heterocycles. The van der Waals surface area contributed by atoms with Crippen molar-refractivity contribution in [2.75, 3.05) is 6.26 Å². The average Bonchev–Trinajstić information content (AvgIpc) is 3.25. The van der Waals surface area contributed by atoms with Crippen LogP contribution in [0.2, 0.25) is 0 Å². The summed E-state index contributed by atoms with van der Waals surface area (Å²) in [6.45, 7) is 0.639. The van der Waals surface area contributed by atoms with E-state index in [1.165, 1.54) is 16.3 Å². The van der Waals surface area contributed by atoms with Gasteiger partial charge >= 0.3 is 0 Å². The predicted molar refractivity (Wildman–Crippen MR) is 93.6 cm³/mol. The molecule has 0 saturated heterocycles. The van der Waals surface area contributed by atoms with Crippen LogP contribution in [0.15, 0.2) is 53.2 Å². The van der Waals surface area contributed by atoms with E-state index in [0.29, 0.717) is 29.7 Å². The van der Waals surface area contributed by atoms with Gasteiger partial charge in [-0.15, -0.1) is 5.10 Å². The number of aromatic nitrogens is 5. The molecule has 120 valence electrons. The number of hydrogen-bond acceptors (Lipinski definition) is 6. The maximum atomic E-state index is 5.25. The van der Waals surface area contributed by atoms with Gasteiger partial charge in [0.05, 0.1) is 18.5 Å². The summed E-state index contributed by atoms with van der Waals surface area (Å²) in [5, 5.41) is 14.7. The van der Waals surface area contributed by atoms with Crippen LogP contribution in [-0.2, 0) is 12.3 Å². The Balaban J connectivity index is 1.60. The fourth-order valence-electron chi connectivity index (χ4n) is 2.62. The van der Waals surface area contributed by atoms with E-state index in [0.717, 1.165) is 0 Å². The molecule has 0 bridgehead atoms. The van der Waals surface area contributed by atoms with Gasteiger partial charge in [-0.25, -0.2) is 4.68 Å². The van der Waals surface area contributed by atoms with E-state index in [1.807, 2.05) is 24.6 Å². The summed E-state index contributed by atoms with van der Waals surface area (Å²) < 4.78 is 7.03. The first-order valence-electron chi connectivity index (χ1n) is 7.52. The molecule has 0 spiro atoms. The Morgan fingerprint density at radius 1 is 1.12 bits per heavy atom. The van der Waals surface area contributed by atoms with Gasteiger partial charge in [0.1, 0.15) is 0 Å². The Labute approximate surface area is 142 Å². The van der Waals surface area contributed by atoms with Gasteiger partial charge in [-0.05, 0) is 22.6 Å². The molecule has 0 aliphatic carbocycles. The fourth-order valence-corrected chi connectivity index (χ4v) is 3.00. The topological polar surface area (TPSA) is 69.6 Å². The Morgan fingerprint density at radius 2 is 2.00 bits per heavy atom. The highest BCUT2D eigenvalue weighted by Crippen LogP contribution is 2.20. The second-order valence-corrected chi connectivity index (χ2v) is 6.25. The number of fused-ring (bicyclic) bond motifs is 1. The summed E-state index contributed by atoms with van der Waals surface area (Å²) in [7, 11) is 0. The lowest BCUT2D eigenvalue weighted by molar-refractivity contribution is 0.424. The predicted octanol–water partition coefficient (Wildman–Crippen LogP) is 3.39. The van der Waals surface area contributed by atoms with Gasteiger partial charge < -0.3 is 4.52 Å². The van der Waals surface area contributed by atoms with Crippen molar-refractivity contribution in [3.8, 4) is 11.6 Å². The second-order valence-electron chi connectivity index (χ2n) is 5.39. The van der Waals surface area contributed by atoms with Crippen LogP contribution in [0.3, 0.4) is 0 Å². The first-order valence-corrected chi connectivity index (χ1v) is 8.91. The molecule has 7 heteroatoms. The van der Waals surface area contributed by atoms with E-state index >= 15 is 0 Å². The monoisotopic (exact) mass is 337 g/mol. The van der Waals surface area contributed by atoms with Crippen molar-refractivity contribution in [3.05, 3.63) is 60.0 Å². The molecular weight excluding hydrogens is 322 g/mol. The van der Waals surface area contributed by atoms with Crippen molar-refractivity contribution in [3.63, 3.8) is 0 Å². The van der Waals surface area contributed by atoms with Crippen LogP contribution in [-0.4, -0.2) is 31.4 Å². The summed E-state index contributed by atoms with van der Waals surface area (Å²) in [6.07, 6.45) is 3.83. The van der Waals surface area contributed by atoms with E-state index in [2.05, 4.69) is 50.8 Å². The van der Waals surface area contributed by atoms with Crippen LogP contribution in [0.1, 0.15) is 11.4 Å². The SMILES string of the molecule is CSCc1noc(-c2cn(Cc3cccc4ccccc34)nn2)n1. The maximum absolute atomic E-state index is 5.25. The summed E-state index contributed by atoms with van der Waals surface area (Å²) in [5.74, 6) is 1.79. The molecule has 2 aromatic carbocycles. The van der Waals surface area contributed by atoms with E-state index < -0.39 is 0 Å².